The number of carbonyl (C=O) groups excluding carboxylic acids is 1. The molecule has 0 bridgehead atoms. The van der Waals surface area contributed by atoms with E-state index in [9.17, 15) is 19.5 Å². The third kappa shape index (κ3) is 3.65. The minimum Gasteiger partial charge on any atom is -0.859 e. The zero-order valence-corrected chi connectivity index (χ0v) is 17.5. The number of aromatic nitrogens is 3. The molecule has 1 fully saturated rings. The van der Waals surface area contributed by atoms with Gasteiger partial charge in [-0.1, -0.05) is 30.3 Å². The molecule has 1 aromatic carbocycles. The van der Waals surface area contributed by atoms with Crippen molar-refractivity contribution < 1.29 is 14.5 Å². The van der Waals surface area contributed by atoms with Gasteiger partial charge in [0.15, 0.2) is 12.4 Å². The first-order valence-corrected chi connectivity index (χ1v) is 10.2. The van der Waals surface area contributed by atoms with Gasteiger partial charge in [0.2, 0.25) is 5.78 Å². The lowest BCUT2D eigenvalue weighted by molar-refractivity contribution is -0.699. The lowest BCUT2D eigenvalue weighted by Gasteiger charge is -2.22. The van der Waals surface area contributed by atoms with Gasteiger partial charge in [-0.3, -0.25) is 14.2 Å². The molecule has 8 nitrogen and oxygen atoms in total. The highest BCUT2D eigenvalue weighted by molar-refractivity contribution is 5.99. The van der Waals surface area contributed by atoms with Crippen LogP contribution in [0.2, 0.25) is 0 Å². The Labute approximate surface area is 179 Å². The molecule has 1 aliphatic heterocycles. The van der Waals surface area contributed by atoms with Crippen molar-refractivity contribution in [2.75, 3.05) is 18.0 Å². The Morgan fingerprint density at radius 1 is 0.968 bits per heavy atom. The first-order valence-electron chi connectivity index (χ1n) is 10.2. The van der Waals surface area contributed by atoms with Crippen LogP contribution in [-0.4, -0.2) is 28.0 Å². The van der Waals surface area contributed by atoms with Crippen LogP contribution in [0.25, 0.3) is 0 Å². The quantitative estimate of drug-likeness (QED) is 0.443. The molecule has 2 aromatic heterocycles. The first kappa shape index (κ1) is 20.6. The average Bonchev–Trinajstić information content (AvgIpc) is 3.35. The van der Waals surface area contributed by atoms with Crippen LogP contribution in [0.4, 0.5) is 5.69 Å². The summed E-state index contributed by atoms with van der Waals surface area (Å²) < 4.78 is 3.29. The maximum atomic E-state index is 13.5. The SMILES string of the molecule is Cn1c([O-])c(C(C(=O)c2ccccc2)[n+]2ccc(N3CCCC3)cc2)c(=O)n(C)c1=O. The molecule has 0 N–H and O–H groups in total. The van der Waals surface area contributed by atoms with Crippen LogP contribution < -0.4 is 25.8 Å². The fourth-order valence-electron chi connectivity index (χ4n) is 4.05. The molecule has 0 saturated carbocycles. The molecular formula is C23H24N4O4. The molecule has 3 aromatic rings. The summed E-state index contributed by atoms with van der Waals surface area (Å²) in [4.78, 5) is 40.9. The number of pyridine rings is 1. The number of nitrogens with zero attached hydrogens (tertiary/aromatic N) is 4. The minimum atomic E-state index is -1.19. The predicted octanol–water partition coefficient (Wildman–Crippen LogP) is 0.518. The Morgan fingerprint density at radius 2 is 1.58 bits per heavy atom. The molecule has 160 valence electrons. The number of ketones is 1. The van der Waals surface area contributed by atoms with Gasteiger partial charge in [0, 0.05) is 50.6 Å². The molecule has 1 atom stereocenters. The molecule has 31 heavy (non-hydrogen) atoms. The van der Waals surface area contributed by atoms with Gasteiger partial charge in [0.25, 0.3) is 11.6 Å². The molecule has 1 aliphatic rings. The topological polar surface area (TPSA) is 91.2 Å². The molecule has 4 rings (SSSR count). The molecule has 0 radical (unpaired) electrons. The molecule has 0 amide bonds. The zero-order chi connectivity index (χ0) is 22.1. The second-order valence-electron chi connectivity index (χ2n) is 7.76. The summed E-state index contributed by atoms with van der Waals surface area (Å²) in [7, 11) is 2.61. The second kappa shape index (κ2) is 8.22. The highest BCUT2D eigenvalue weighted by Crippen LogP contribution is 2.23. The lowest BCUT2D eigenvalue weighted by atomic mass is 9.98. The van der Waals surface area contributed by atoms with E-state index in [1.54, 1.807) is 47.3 Å². The molecule has 1 unspecified atom stereocenters. The van der Waals surface area contributed by atoms with Crippen LogP contribution in [0.3, 0.4) is 0 Å². The molecule has 8 heteroatoms. The fourth-order valence-corrected chi connectivity index (χ4v) is 4.05. The van der Waals surface area contributed by atoms with Crippen molar-refractivity contribution in [3.05, 3.63) is 86.8 Å². The van der Waals surface area contributed by atoms with Crippen LogP contribution in [0.15, 0.2) is 64.4 Å². The Balaban J connectivity index is 1.88. The van der Waals surface area contributed by atoms with Crippen LogP contribution in [0, 0.1) is 0 Å². The molecule has 3 heterocycles. The van der Waals surface area contributed by atoms with Crippen LogP contribution >= 0.6 is 0 Å². The summed E-state index contributed by atoms with van der Waals surface area (Å²) in [5.74, 6) is -1.16. The van der Waals surface area contributed by atoms with E-state index >= 15 is 0 Å². The number of carbonyl (C=O) groups is 1. The van der Waals surface area contributed by atoms with E-state index in [-0.39, 0.29) is 5.56 Å². The summed E-state index contributed by atoms with van der Waals surface area (Å²) in [6.07, 6.45) is 5.70. The van der Waals surface area contributed by atoms with Crippen molar-refractivity contribution in [1.29, 1.82) is 0 Å². The number of Topliss-reactive ketones (excluding diaryl/α,β-unsaturated/α-hetero) is 1. The van der Waals surface area contributed by atoms with Crippen molar-refractivity contribution >= 4 is 11.5 Å². The smallest absolute Gasteiger partial charge is 0.329 e. The zero-order valence-electron chi connectivity index (χ0n) is 17.5. The molecule has 1 saturated heterocycles. The lowest BCUT2D eigenvalue weighted by Crippen LogP contribution is -2.50. The largest absolute Gasteiger partial charge is 0.859 e. The maximum absolute atomic E-state index is 13.5. The predicted molar refractivity (Wildman–Crippen MR) is 113 cm³/mol. The fraction of sp³-hybridized carbons (Fsp3) is 0.304. The van der Waals surface area contributed by atoms with Crippen molar-refractivity contribution in [2.24, 2.45) is 14.1 Å². The van der Waals surface area contributed by atoms with Crippen LogP contribution in [0.5, 0.6) is 5.88 Å². The maximum Gasteiger partial charge on any atom is 0.329 e. The van der Waals surface area contributed by atoms with Gasteiger partial charge < -0.3 is 14.6 Å². The highest BCUT2D eigenvalue weighted by Gasteiger charge is 2.35. The van der Waals surface area contributed by atoms with Crippen LogP contribution in [-0.2, 0) is 14.1 Å². The van der Waals surface area contributed by atoms with Gasteiger partial charge in [0.1, 0.15) is 5.56 Å². The van der Waals surface area contributed by atoms with Crippen molar-refractivity contribution in [3.8, 4) is 5.88 Å². The van der Waals surface area contributed by atoms with Gasteiger partial charge in [-0.15, -0.1) is 0 Å². The van der Waals surface area contributed by atoms with Gasteiger partial charge in [-0.2, -0.15) is 4.57 Å². The summed E-state index contributed by atoms with van der Waals surface area (Å²) in [6.45, 7) is 1.95. The van der Waals surface area contributed by atoms with Crippen molar-refractivity contribution in [2.45, 2.75) is 18.9 Å². The van der Waals surface area contributed by atoms with Gasteiger partial charge >= 0.3 is 5.69 Å². The summed E-state index contributed by atoms with van der Waals surface area (Å²) in [5.41, 5.74) is -0.343. The summed E-state index contributed by atoms with van der Waals surface area (Å²) in [5, 5.41) is 13.0. The number of benzene rings is 1. The van der Waals surface area contributed by atoms with E-state index in [2.05, 4.69) is 4.90 Å². The summed E-state index contributed by atoms with van der Waals surface area (Å²) in [6, 6.07) is 11.1. The van der Waals surface area contributed by atoms with Gasteiger partial charge in [-0.25, -0.2) is 4.79 Å². The molecular weight excluding hydrogens is 396 g/mol. The number of hydrogen-bond donors (Lipinski definition) is 0. The van der Waals surface area contributed by atoms with E-state index in [4.69, 9.17) is 0 Å². The highest BCUT2D eigenvalue weighted by atomic mass is 16.3. The number of hydrogen-bond acceptors (Lipinski definition) is 5. The monoisotopic (exact) mass is 420 g/mol. The Morgan fingerprint density at radius 3 is 2.19 bits per heavy atom. The third-order valence-corrected chi connectivity index (χ3v) is 5.83. The number of anilines is 1. The Kier molecular flexibility index (Phi) is 5.46. The second-order valence-corrected chi connectivity index (χ2v) is 7.76. The van der Waals surface area contributed by atoms with Gasteiger partial charge in [0.05, 0.1) is 0 Å². The third-order valence-electron chi connectivity index (χ3n) is 5.83. The number of rotatable bonds is 5. The van der Waals surface area contributed by atoms with Crippen LogP contribution in [0.1, 0.15) is 34.8 Å². The Hall–Kier alpha value is -3.68. The molecule has 0 spiro atoms. The van der Waals surface area contributed by atoms with E-state index in [1.807, 2.05) is 12.1 Å². The minimum absolute atomic E-state index is 0.252. The van der Waals surface area contributed by atoms with Crippen molar-refractivity contribution in [3.63, 3.8) is 0 Å². The first-order chi connectivity index (χ1) is 14.9. The van der Waals surface area contributed by atoms with E-state index in [1.165, 1.54) is 14.1 Å². The van der Waals surface area contributed by atoms with E-state index in [0.29, 0.717) is 5.56 Å². The standard InChI is InChI=1S/C23H24N4O4/c1-24-21(29)18(22(30)25(2)23(24)31)19(20(28)16-8-4-3-5-9-16)27-14-10-17(11-15-27)26-12-6-7-13-26/h3-5,8-11,14-15,19H,6-7,12-13H2,1-2H3. The average molecular weight is 420 g/mol. The normalized spacial score (nSPS) is 14.6. The molecule has 0 aliphatic carbocycles. The summed E-state index contributed by atoms with van der Waals surface area (Å²) >= 11 is 0. The van der Waals surface area contributed by atoms with Crippen molar-refractivity contribution in [1.82, 2.24) is 9.13 Å². The Bertz CT molecular complexity index is 1220. The van der Waals surface area contributed by atoms with E-state index in [0.717, 1.165) is 40.8 Å². The van der Waals surface area contributed by atoms with Gasteiger partial charge in [-0.05, 0) is 18.7 Å². The van der Waals surface area contributed by atoms with E-state index < -0.39 is 29.0 Å².